The lowest BCUT2D eigenvalue weighted by Gasteiger charge is -2.03. The number of hydrogen-bond donors (Lipinski definition) is 1. The van der Waals surface area contributed by atoms with E-state index in [2.05, 4.69) is 19.6 Å². The largest absolute Gasteiger partial charge is 0.138 e. The van der Waals surface area contributed by atoms with Crippen LogP contribution in [0.3, 0.4) is 0 Å². The van der Waals surface area contributed by atoms with Crippen LogP contribution < -0.4 is 0 Å². The molecule has 0 spiro atoms. The van der Waals surface area contributed by atoms with Crippen LogP contribution in [0.1, 0.15) is 45.4 Å². The van der Waals surface area contributed by atoms with Crippen molar-refractivity contribution in [3.63, 3.8) is 0 Å². The first-order valence-electron chi connectivity index (χ1n) is 5.55. The Kier molecular flexibility index (Phi) is 6.37. The molecule has 0 unspecified atom stereocenters. The van der Waals surface area contributed by atoms with Crippen LogP contribution in [0.5, 0.6) is 0 Å². The summed E-state index contributed by atoms with van der Waals surface area (Å²) < 4.78 is 1.08. The number of thiophene rings is 1. The Morgan fingerprint density at radius 3 is 2.50 bits per heavy atom. The van der Waals surface area contributed by atoms with Gasteiger partial charge in [-0.2, -0.15) is 0 Å². The van der Waals surface area contributed by atoms with E-state index in [1.54, 1.807) is 11.3 Å². The maximum absolute atomic E-state index is 4.05. The van der Waals surface area contributed by atoms with Gasteiger partial charge in [-0.25, -0.2) is 0 Å². The molecule has 2 heteroatoms. The van der Waals surface area contributed by atoms with Crippen molar-refractivity contribution in [3.8, 4) is 0 Å². The Morgan fingerprint density at radius 1 is 1.43 bits per heavy atom. The van der Waals surface area contributed by atoms with Gasteiger partial charge < -0.3 is 0 Å². The van der Waals surface area contributed by atoms with Crippen molar-refractivity contribution >= 4 is 24.0 Å². The minimum Gasteiger partial charge on any atom is -0.138 e. The van der Waals surface area contributed by atoms with Gasteiger partial charge in [-0.05, 0) is 17.4 Å². The number of thiol groups is 1. The van der Waals surface area contributed by atoms with E-state index in [1.807, 2.05) is 17.5 Å². The summed E-state index contributed by atoms with van der Waals surface area (Å²) in [5, 5.41) is 2.00. The third-order valence-corrected chi connectivity index (χ3v) is 3.81. The van der Waals surface area contributed by atoms with E-state index in [-0.39, 0.29) is 0 Å². The van der Waals surface area contributed by atoms with Gasteiger partial charge in [0.2, 0.25) is 0 Å². The van der Waals surface area contributed by atoms with Crippen LogP contribution in [-0.2, 0) is 0 Å². The fourth-order valence-electron chi connectivity index (χ4n) is 1.98. The summed E-state index contributed by atoms with van der Waals surface area (Å²) >= 11 is 5.70. The first kappa shape index (κ1) is 12.1. The van der Waals surface area contributed by atoms with E-state index in [4.69, 9.17) is 0 Å². The second-order valence-corrected chi connectivity index (χ2v) is 5.62. The lowest BCUT2D eigenvalue weighted by atomic mass is 10.0. The molecule has 0 saturated heterocycles. The van der Waals surface area contributed by atoms with Crippen molar-refractivity contribution in [3.05, 3.63) is 17.5 Å². The molecule has 0 nitrogen and oxygen atoms in total. The fraction of sp³-hybridized carbons (Fsp3) is 0.667. The summed E-state index contributed by atoms with van der Waals surface area (Å²) in [6.07, 6.45) is 8.93. The molecule has 14 heavy (non-hydrogen) atoms. The standard InChI is InChI=1S/C8H16.C4H4S2/c1-2-5-8-6-3-4-7-8;5-4-2-1-3-6-4/h8H,2-7H2,1H3;1-3,5H. The van der Waals surface area contributed by atoms with Crippen molar-refractivity contribution < 1.29 is 0 Å². The normalized spacial score (nSPS) is 16.4. The Morgan fingerprint density at radius 2 is 2.14 bits per heavy atom. The van der Waals surface area contributed by atoms with Crippen molar-refractivity contribution in [2.45, 2.75) is 49.7 Å². The predicted octanol–water partition coefficient (Wildman–Crippen LogP) is 5.01. The highest BCUT2D eigenvalue weighted by Crippen LogP contribution is 2.27. The quantitative estimate of drug-likeness (QED) is 0.676. The van der Waals surface area contributed by atoms with E-state index in [9.17, 15) is 0 Å². The topological polar surface area (TPSA) is 0 Å². The highest BCUT2D eigenvalue weighted by atomic mass is 32.2. The predicted molar refractivity (Wildman–Crippen MR) is 68.4 cm³/mol. The van der Waals surface area contributed by atoms with Crippen molar-refractivity contribution in [2.75, 3.05) is 0 Å². The lowest BCUT2D eigenvalue weighted by molar-refractivity contribution is 0.496. The molecule has 1 aliphatic rings. The van der Waals surface area contributed by atoms with Crippen LogP contribution in [-0.4, -0.2) is 0 Å². The zero-order valence-electron chi connectivity index (χ0n) is 8.91. The SMILES string of the molecule is CCCC1CCCC1.Sc1cccs1. The number of hydrogen-bond acceptors (Lipinski definition) is 2. The van der Waals surface area contributed by atoms with Crippen LogP contribution in [0.2, 0.25) is 0 Å². The van der Waals surface area contributed by atoms with Gasteiger partial charge in [0.05, 0.1) is 4.21 Å². The molecule has 0 aliphatic heterocycles. The van der Waals surface area contributed by atoms with Crippen molar-refractivity contribution in [2.24, 2.45) is 5.92 Å². The molecule has 80 valence electrons. The summed E-state index contributed by atoms with van der Waals surface area (Å²) in [6, 6.07) is 3.95. The Bertz CT molecular complexity index is 210. The van der Waals surface area contributed by atoms with E-state index in [0.717, 1.165) is 10.1 Å². The lowest BCUT2D eigenvalue weighted by Crippen LogP contribution is -1.89. The maximum Gasteiger partial charge on any atom is 0.0567 e. The second kappa shape index (κ2) is 7.36. The Balaban J connectivity index is 0.000000146. The highest BCUT2D eigenvalue weighted by molar-refractivity contribution is 7.82. The minimum atomic E-state index is 1.08. The maximum atomic E-state index is 4.05. The van der Waals surface area contributed by atoms with Crippen LogP contribution >= 0.6 is 24.0 Å². The molecule has 0 atom stereocenters. The van der Waals surface area contributed by atoms with Gasteiger partial charge in [0.25, 0.3) is 0 Å². The molecule has 1 aromatic rings. The third-order valence-electron chi connectivity index (χ3n) is 2.68. The molecule has 0 N–H and O–H groups in total. The van der Waals surface area contributed by atoms with Crippen LogP contribution in [0.4, 0.5) is 0 Å². The molecule has 1 aliphatic carbocycles. The monoisotopic (exact) mass is 228 g/mol. The van der Waals surface area contributed by atoms with Crippen molar-refractivity contribution in [1.29, 1.82) is 0 Å². The Hall–Kier alpha value is 0.0500. The van der Waals surface area contributed by atoms with Crippen LogP contribution in [0, 0.1) is 5.92 Å². The third kappa shape index (κ3) is 5.06. The summed E-state index contributed by atoms with van der Waals surface area (Å²) in [6.45, 7) is 2.29. The van der Waals surface area contributed by atoms with Crippen LogP contribution in [0.25, 0.3) is 0 Å². The van der Waals surface area contributed by atoms with E-state index >= 15 is 0 Å². The summed E-state index contributed by atoms with van der Waals surface area (Å²) in [5.41, 5.74) is 0. The molecule has 1 heterocycles. The fourth-order valence-corrected chi connectivity index (χ4v) is 2.70. The molecule has 1 fully saturated rings. The first-order chi connectivity index (χ1) is 6.83. The first-order valence-corrected chi connectivity index (χ1v) is 6.88. The molecule has 0 radical (unpaired) electrons. The molecule has 0 aromatic carbocycles. The molecular weight excluding hydrogens is 208 g/mol. The van der Waals surface area contributed by atoms with E-state index < -0.39 is 0 Å². The van der Waals surface area contributed by atoms with Gasteiger partial charge in [0.1, 0.15) is 0 Å². The van der Waals surface area contributed by atoms with Crippen LogP contribution in [0.15, 0.2) is 21.7 Å². The molecule has 0 bridgehead atoms. The van der Waals surface area contributed by atoms with Gasteiger partial charge in [-0.1, -0.05) is 51.5 Å². The molecule has 0 amide bonds. The van der Waals surface area contributed by atoms with Gasteiger partial charge in [-0.3, -0.25) is 0 Å². The summed E-state index contributed by atoms with van der Waals surface area (Å²) in [4.78, 5) is 0. The second-order valence-electron chi connectivity index (χ2n) is 3.89. The van der Waals surface area contributed by atoms with E-state index in [0.29, 0.717) is 0 Å². The van der Waals surface area contributed by atoms with Gasteiger partial charge in [0.15, 0.2) is 0 Å². The number of rotatable bonds is 2. The Labute approximate surface area is 97.1 Å². The van der Waals surface area contributed by atoms with Gasteiger partial charge in [-0.15, -0.1) is 24.0 Å². The minimum absolute atomic E-state index is 1.08. The van der Waals surface area contributed by atoms with Crippen molar-refractivity contribution in [1.82, 2.24) is 0 Å². The molecule has 1 saturated carbocycles. The summed E-state index contributed by atoms with van der Waals surface area (Å²) in [7, 11) is 0. The van der Waals surface area contributed by atoms with Gasteiger partial charge >= 0.3 is 0 Å². The summed E-state index contributed by atoms with van der Waals surface area (Å²) in [5.74, 6) is 1.11. The molecular formula is C12H20S2. The zero-order valence-corrected chi connectivity index (χ0v) is 10.6. The average Bonchev–Trinajstić information content (AvgIpc) is 2.79. The molecule has 1 aromatic heterocycles. The zero-order chi connectivity index (χ0) is 10.2. The smallest absolute Gasteiger partial charge is 0.0567 e. The highest BCUT2D eigenvalue weighted by Gasteiger charge is 2.12. The van der Waals surface area contributed by atoms with Gasteiger partial charge in [0, 0.05) is 0 Å². The average molecular weight is 228 g/mol. The molecule has 2 rings (SSSR count). The van der Waals surface area contributed by atoms with E-state index in [1.165, 1.54) is 38.5 Å².